The molecule has 0 unspecified atom stereocenters. The van der Waals surface area contributed by atoms with Crippen LogP contribution in [0.5, 0.6) is 0 Å². The number of aromatic nitrogens is 2. The van der Waals surface area contributed by atoms with E-state index in [1.54, 1.807) is 22.9 Å². The monoisotopic (exact) mass is 459 g/mol. The summed E-state index contributed by atoms with van der Waals surface area (Å²) in [5.41, 5.74) is 4.43. The molecule has 1 aromatic heterocycles. The van der Waals surface area contributed by atoms with Crippen LogP contribution in [-0.2, 0) is 21.3 Å². The highest BCUT2D eigenvalue weighted by atomic mass is 79.9. The molecule has 6 nitrogen and oxygen atoms in total. The van der Waals surface area contributed by atoms with Gasteiger partial charge in [0.2, 0.25) is 0 Å². The van der Waals surface area contributed by atoms with Crippen molar-refractivity contribution in [2.45, 2.75) is 25.4 Å². The summed E-state index contributed by atoms with van der Waals surface area (Å²) in [4.78, 5) is 12.9. The van der Waals surface area contributed by atoms with Gasteiger partial charge in [-0.05, 0) is 59.1 Å². The predicted octanol–water partition coefficient (Wildman–Crippen LogP) is 3.93. The van der Waals surface area contributed by atoms with Crippen molar-refractivity contribution in [2.75, 3.05) is 5.32 Å². The molecule has 4 rings (SSSR count). The number of benzene rings is 2. The lowest BCUT2D eigenvalue weighted by molar-refractivity contribution is 0.102. The van der Waals surface area contributed by atoms with E-state index in [9.17, 15) is 13.2 Å². The number of nitrogens with one attached hydrogen (secondary N) is 1. The minimum Gasteiger partial charge on any atom is -0.306 e. The molecule has 0 spiro atoms. The Morgan fingerprint density at radius 3 is 2.61 bits per heavy atom. The number of amides is 1. The molecule has 0 saturated carbocycles. The van der Waals surface area contributed by atoms with E-state index in [2.05, 4.69) is 26.3 Å². The van der Waals surface area contributed by atoms with Gasteiger partial charge < -0.3 is 5.32 Å². The maximum atomic E-state index is 12.9. The molecule has 2 aromatic carbocycles. The standard InChI is InChI=1S/C20H18BrN3O3S/c1-12-6-5-9-18(13(12)2)24-19(15-10-28(26,27)11-17(15)23-24)22-20(25)14-7-3-4-8-16(14)21/h3-9H,10-11H2,1-2H3,(H,22,25). The Kier molecular flexibility index (Phi) is 4.63. The lowest BCUT2D eigenvalue weighted by atomic mass is 10.1. The molecule has 144 valence electrons. The van der Waals surface area contributed by atoms with Crippen LogP contribution in [-0.4, -0.2) is 24.1 Å². The van der Waals surface area contributed by atoms with E-state index in [0.29, 0.717) is 27.1 Å². The molecule has 1 aliphatic heterocycles. The minimum absolute atomic E-state index is 0.113. The summed E-state index contributed by atoms with van der Waals surface area (Å²) >= 11 is 3.39. The fourth-order valence-corrected chi connectivity index (χ4v) is 5.29. The van der Waals surface area contributed by atoms with Crippen LogP contribution in [0.3, 0.4) is 0 Å². The Morgan fingerprint density at radius 2 is 1.86 bits per heavy atom. The van der Waals surface area contributed by atoms with Crippen LogP contribution in [0, 0.1) is 13.8 Å². The first-order valence-electron chi connectivity index (χ1n) is 8.70. The van der Waals surface area contributed by atoms with Crippen molar-refractivity contribution in [1.82, 2.24) is 9.78 Å². The summed E-state index contributed by atoms with van der Waals surface area (Å²) in [6, 6.07) is 12.9. The van der Waals surface area contributed by atoms with Gasteiger partial charge in [-0.2, -0.15) is 5.10 Å². The number of sulfone groups is 1. The number of rotatable bonds is 3. The second-order valence-electron chi connectivity index (χ2n) is 6.87. The summed E-state index contributed by atoms with van der Waals surface area (Å²) < 4.78 is 26.5. The van der Waals surface area contributed by atoms with Crippen LogP contribution in [0.15, 0.2) is 46.9 Å². The van der Waals surface area contributed by atoms with E-state index in [0.717, 1.165) is 16.8 Å². The predicted molar refractivity (Wildman–Crippen MR) is 111 cm³/mol. The van der Waals surface area contributed by atoms with Crippen molar-refractivity contribution in [2.24, 2.45) is 0 Å². The summed E-state index contributed by atoms with van der Waals surface area (Å²) in [5.74, 6) is -0.159. The van der Waals surface area contributed by atoms with Gasteiger partial charge in [0, 0.05) is 10.0 Å². The van der Waals surface area contributed by atoms with Crippen molar-refractivity contribution in [3.8, 4) is 5.69 Å². The van der Waals surface area contributed by atoms with Gasteiger partial charge >= 0.3 is 0 Å². The first kappa shape index (κ1) is 18.9. The molecule has 8 heteroatoms. The summed E-state index contributed by atoms with van der Waals surface area (Å²) in [5, 5.41) is 7.44. The number of fused-ring (bicyclic) bond motifs is 1. The first-order valence-corrected chi connectivity index (χ1v) is 11.3. The number of carbonyl (C=O) groups is 1. The van der Waals surface area contributed by atoms with Crippen molar-refractivity contribution < 1.29 is 13.2 Å². The summed E-state index contributed by atoms with van der Waals surface area (Å²) in [6.45, 7) is 3.98. The van der Waals surface area contributed by atoms with E-state index < -0.39 is 9.84 Å². The third kappa shape index (κ3) is 3.27. The first-order chi connectivity index (χ1) is 13.3. The zero-order valence-electron chi connectivity index (χ0n) is 15.4. The van der Waals surface area contributed by atoms with Crippen LogP contribution in [0.4, 0.5) is 5.82 Å². The van der Waals surface area contributed by atoms with Crippen LogP contribution < -0.4 is 5.32 Å². The normalized spacial score (nSPS) is 14.7. The van der Waals surface area contributed by atoms with E-state index in [1.165, 1.54) is 0 Å². The number of aryl methyl sites for hydroxylation is 1. The summed E-state index contributed by atoms with van der Waals surface area (Å²) in [6.07, 6.45) is 0. The van der Waals surface area contributed by atoms with Crippen molar-refractivity contribution in [3.63, 3.8) is 0 Å². The van der Waals surface area contributed by atoms with Gasteiger partial charge in [-0.25, -0.2) is 13.1 Å². The number of carbonyl (C=O) groups excluding carboxylic acids is 1. The van der Waals surface area contributed by atoms with Crippen LogP contribution in [0.1, 0.15) is 32.7 Å². The molecule has 3 aromatic rings. The van der Waals surface area contributed by atoms with Gasteiger partial charge in [0.15, 0.2) is 9.84 Å². The molecular formula is C20H18BrN3O3S. The van der Waals surface area contributed by atoms with E-state index in [1.807, 2.05) is 38.1 Å². The molecule has 0 bridgehead atoms. The second kappa shape index (κ2) is 6.86. The zero-order chi connectivity index (χ0) is 20.1. The highest BCUT2D eigenvalue weighted by Gasteiger charge is 2.33. The minimum atomic E-state index is -3.25. The molecule has 2 heterocycles. The molecule has 0 radical (unpaired) electrons. The van der Waals surface area contributed by atoms with Crippen molar-refractivity contribution in [1.29, 1.82) is 0 Å². The van der Waals surface area contributed by atoms with E-state index in [4.69, 9.17) is 0 Å². The van der Waals surface area contributed by atoms with E-state index >= 15 is 0 Å². The average molecular weight is 460 g/mol. The van der Waals surface area contributed by atoms with Gasteiger partial charge in [-0.15, -0.1) is 0 Å². The van der Waals surface area contributed by atoms with Gasteiger partial charge in [0.05, 0.1) is 28.5 Å². The molecular weight excluding hydrogens is 442 g/mol. The van der Waals surface area contributed by atoms with Gasteiger partial charge in [-0.3, -0.25) is 4.79 Å². The van der Waals surface area contributed by atoms with Gasteiger partial charge in [0.25, 0.3) is 5.91 Å². The second-order valence-corrected chi connectivity index (χ2v) is 9.79. The van der Waals surface area contributed by atoms with Crippen molar-refractivity contribution >= 4 is 37.5 Å². The Bertz CT molecular complexity index is 1220. The fraction of sp³-hybridized carbons (Fsp3) is 0.200. The number of nitrogens with zero attached hydrogens (tertiary/aromatic N) is 2. The largest absolute Gasteiger partial charge is 0.306 e. The quantitative estimate of drug-likeness (QED) is 0.642. The molecule has 1 aliphatic rings. The molecule has 0 saturated heterocycles. The average Bonchev–Trinajstić information content (AvgIpc) is 3.10. The zero-order valence-corrected chi connectivity index (χ0v) is 17.8. The third-order valence-corrected chi connectivity index (χ3v) is 7.08. The van der Waals surface area contributed by atoms with E-state index in [-0.39, 0.29) is 17.4 Å². The Morgan fingerprint density at radius 1 is 1.11 bits per heavy atom. The smallest absolute Gasteiger partial charge is 0.257 e. The number of anilines is 1. The molecule has 0 aliphatic carbocycles. The molecule has 0 fully saturated rings. The van der Waals surface area contributed by atoms with Crippen LogP contribution >= 0.6 is 15.9 Å². The lowest BCUT2D eigenvalue weighted by Gasteiger charge is -2.14. The topological polar surface area (TPSA) is 81.1 Å². The number of hydrogen-bond acceptors (Lipinski definition) is 4. The highest BCUT2D eigenvalue weighted by Crippen LogP contribution is 2.34. The van der Waals surface area contributed by atoms with Gasteiger partial charge in [0.1, 0.15) is 5.82 Å². The molecule has 0 atom stereocenters. The SMILES string of the molecule is Cc1cccc(-n2nc3c(c2NC(=O)c2ccccc2Br)CS(=O)(=O)C3)c1C. The van der Waals surface area contributed by atoms with Crippen LogP contribution in [0.2, 0.25) is 0 Å². The fourth-order valence-electron chi connectivity index (χ4n) is 3.33. The molecule has 28 heavy (non-hydrogen) atoms. The maximum Gasteiger partial charge on any atom is 0.257 e. The van der Waals surface area contributed by atoms with Crippen LogP contribution in [0.25, 0.3) is 5.69 Å². The molecule has 1 N–H and O–H groups in total. The number of halogens is 1. The lowest BCUT2D eigenvalue weighted by Crippen LogP contribution is -2.17. The Labute approximate surface area is 171 Å². The number of hydrogen-bond donors (Lipinski definition) is 1. The Hall–Kier alpha value is -2.45. The third-order valence-electron chi connectivity index (χ3n) is 4.94. The Balaban J connectivity index is 1.85. The molecule has 1 amide bonds. The van der Waals surface area contributed by atoms with Gasteiger partial charge in [-0.1, -0.05) is 24.3 Å². The highest BCUT2D eigenvalue weighted by molar-refractivity contribution is 9.10. The summed E-state index contributed by atoms with van der Waals surface area (Å²) in [7, 11) is -3.25. The van der Waals surface area contributed by atoms with Crippen molar-refractivity contribution in [3.05, 3.63) is 74.9 Å². The maximum absolute atomic E-state index is 12.9.